The van der Waals surface area contributed by atoms with Gasteiger partial charge in [0.05, 0.1) is 6.54 Å². The summed E-state index contributed by atoms with van der Waals surface area (Å²) in [5, 5.41) is 0. The van der Waals surface area contributed by atoms with Crippen LogP contribution < -0.4 is 4.57 Å². The maximum atomic E-state index is 12.7. The standard InChI is InChI=1S/C15H17F6N2O5S/c1-13(2,3)27-12(24)23-7-9-6-22(8-14(16,17)18)5-4-10(9)11(23)28-29(25,26)15(19,20)21/h4-6,11H,7-8H2,1-3H3/q+1. The van der Waals surface area contributed by atoms with Gasteiger partial charge < -0.3 is 4.74 Å². The summed E-state index contributed by atoms with van der Waals surface area (Å²) in [7, 11) is -6.11. The Labute approximate surface area is 161 Å². The molecule has 0 spiro atoms. The Balaban J connectivity index is 2.44. The van der Waals surface area contributed by atoms with E-state index in [1.165, 1.54) is 20.8 Å². The van der Waals surface area contributed by atoms with Gasteiger partial charge in [0.1, 0.15) is 5.60 Å². The van der Waals surface area contributed by atoms with Crippen molar-refractivity contribution in [2.24, 2.45) is 0 Å². The molecule has 0 bridgehead atoms. The predicted octanol–water partition coefficient (Wildman–Crippen LogP) is 3.15. The number of alkyl halides is 6. The largest absolute Gasteiger partial charge is 0.523 e. The number of ether oxygens (including phenoxy) is 1. The first-order valence-corrected chi connectivity index (χ1v) is 9.38. The van der Waals surface area contributed by atoms with Crippen molar-refractivity contribution in [1.29, 1.82) is 0 Å². The Morgan fingerprint density at radius 3 is 2.28 bits per heavy atom. The number of carbonyl (C=O) groups excluding carboxylic acids is 1. The van der Waals surface area contributed by atoms with Crippen LogP contribution in [0.3, 0.4) is 0 Å². The van der Waals surface area contributed by atoms with Crippen LogP contribution in [0.4, 0.5) is 31.1 Å². The third-order valence-electron chi connectivity index (χ3n) is 3.52. The zero-order valence-electron chi connectivity index (χ0n) is 15.3. The molecule has 1 amide bonds. The van der Waals surface area contributed by atoms with Gasteiger partial charge in [-0.15, -0.1) is 0 Å². The van der Waals surface area contributed by atoms with Gasteiger partial charge in [-0.2, -0.15) is 39.3 Å². The molecule has 29 heavy (non-hydrogen) atoms. The molecule has 7 nitrogen and oxygen atoms in total. The zero-order chi connectivity index (χ0) is 22.4. The Kier molecular flexibility index (Phi) is 5.84. The minimum atomic E-state index is -6.11. The Bertz CT molecular complexity index is 892. The number of hydrogen-bond acceptors (Lipinski definition) is 5. The fourth-order valence-corrected chi connectivity index (χ4v) is 3.03. The van der Waals surface area contributed by atoms with Crippen LogP contribution in [0.25, 0.3) is 0 Å². The van der Waals surface area contributed by atoms with Gasteiger partial charge in [0.2, 0.25) is 6.54 Å². The molecule has 0 aliphatic carbocycles. The molecule has 2 rings (SSSR count). The molecule has 0 fully saturated rings. The molecule has 14 heteroatoms. The van der Waals surface area contributed by atoms with Crippen LogP contribution in [0.15, 0.2) is 18.5 Å². The molecule has 0 aromatic carbocycles. The topological polar surface area (TPSA) is 76.8 Å². The number of nitrogens with zero attached hydrogens (tertiary/aromatic N) is 2. The first-order valence-electron chi connectivity index (χ1n) is 7.97. The van der Waals surface area contributed by atoms with E-state index in [0.717, 1.165) is 18.5 Å². The summed E-state index contributed by atoms with van der Waals surface area (Å²) in [6.07, 6.45) is -5.98. The van der Waals surface area contributed by atoms with E-state index in [1.807, 2.05) is 0 Å². The lowest BCUT2D eigenvalue weighted by atomic mass is 10.2. The lowest BCUT2D eigenvalue weighted by molar-refractivity contribution is -0.719. The monoisotopic (exact) mass is 451 g/mol. The average molecular weight is 451 g/mol. The van der Waals surface area contributed by atoms with E-state index < -0.39 is 52.8 Å². The molecule has 0 N–H and O–H groups in total. The van der Waals surface area contributed by atoms with Gasteiger partial charge in [-0.1, -0.05) is 0 Å². The SMILES string of the molecule is CC(C)(C)OC(=O)N1Cc2c[n+](CC(F)(F)F)ccc2C1OS(=O)(=O)C(F)(F)F. The van der Waals surface area contributed by atoms with E-state index in [-0.39, 0.29) is 11.1 Å². The molecule has 1 aromatic rings. The fourth-order valence-electron chi connectivity index (χ4n) is 2.47. The molecule has 1 aliphatic heterocycles. The Morgan fingerprint density at radius 1 is 1.21 bits per heavy atom. The Morgan fingerprint density at radius 2 is 1.79 bits per heavy atom. The highest BCUT2D eigenvalue weighted by Crippen LogP contribution is 2.39. The molecule has 0 saturated carbocycles. The van der Waals surface area contributed by atoms with Crippen molar-refractivity contribution in [1.82, 2.24) is 4.90 Å². The van der Waals surface area contributed by atoms with Gasteiger partial charge in [0.15, 0.2) is 18.6 Å². The van der Waals surface area contributed by atoms with Gasteiger partial charge >= 0.3 is 27.9 Å². The summed E-state index contributed by atoms with van der Waals surface area (Å²) in [5.41, 5.74) is -7.07. The van der Waals surface area contributed by atoms with Crippen LogP contribution in [-0.2, 0) is 32.1 Å². The highest BCUT2D eigenvalue weighted by Gasteiger charge is 2.52. The van der Waals surface area contributed by atoms with E-state index in [9.17, 15) is 39.6 Å². The van der Waals surface area contributed by atoms with Gasteiger partial charge in [0.25, 0.3) is 0 Å². The molecule has 1 unspecified atom stereocenters. The molecule has 0 saturated heterocycles. The van der Waals surface area contributed by atoms with Crippen LogP contribution in [-0.4, -0.2) is 36.7 Å². The van der Waals surface area contributed by atoms with Crippen molar-refractivity contribution >= 4 is 16.2 Å². The second-order valence-electron chi connectivity index (χ2n) is 7.17. The summed E-state index contributed by atoms with van der Waals surface area (Å²) in [6.45, 7) is 2.50. The zero-order valence-corrected chi connectivity index (χ0v) is 16.2. The van der Waals surface area contributed by atoms with Crippen molar-refractivity contribution in [2.45, 2.75) is 57.4 Å². The number of aromatic nitrogens is 1. The second-order valence-corrected chi connectivity index (χ2v) is 8.73. The molecular weight excluding hydrogens is 434 g/mol. The maximum Gasteiger partial charge on any atom is 0.523 e. The third kappa shape index (κ3) is 5.72. The summed E-state index contributed by atoms with van der Waals surface area (Å²) in [4.78, 5) is 12.9. The number of rotatable bonds is 3. The summed E-state index contributed by atoms with van der Waals surface area (Å²) in [6, 6.07) is 0.960. The first-order chi connectivity index (χ1) is 12.9. The van der Waals surface area contributed by atoms with Gasteiger partial charge in [-0.25, -0.2) is 8.98 Å². The molecule has 1 aromatic heterocycles. The minimum absolute atomic E-state index is 0.0232. The van der Waals surface area contributed by atoms with Crippen LogP contribution in [0.5, 0.6) is 0 Å². The number of hydrogen-bond donors (Lipinski definition) is 0. The van der Waals surface area contributed by atoms with Crippen LogP contribution in [0, 0.1) is 0 Å². The molecule has 164 valence electrons. The minimum Gasteiger partial charge on any atom is -0.444 e. The number of fused-ring (bicyclic) bond motifs is 1. The highest BCUT2D eigenvalue weighted by molar-refractivity contribution is 7.87. The van der Waals surface area contributed by atoms with Crippen molar-refractivity contribution in [2.75, 3.05) is 0 Å². The summed E-state index contributed by atoms with van der Waals surface area (Å²) < 4.78 is 109. The van der Waals surface area contributed by atoms with E-state index in [1.54, 1.807) is 0 Å². The van der Waals surface area contributed by atoms with Crippen LogP contribution in [0.2, 0.25) is 0 Å². The second kappa shape index (κ2) is 7.31. The van der Waals surface area contributed by atoms with E-state index in [2.05, 4.69) is 4.18 Å². The van der Waals surface area contributed by atoms with Crippen LogP contribution >= 0.6 is 0 Å². The first kappa shape index (κ1) is 23.2. The Hall–Kier alpha value is -2.09. The van der Waals surface area contributed by atoms with Gasteiger partial charge in [-0.05, 0) is 20.8 Å². The van der Waals surface area contributed by atoms with E-state index in [0.29, 0.717) is 9.47 Å². The smallest absolute Gasteiger partial charge is 0.444 e. The number of halogens is 6. The molecule has 0 radical (unpaired) electrons. The highest BCUT2D eigenvalue weighted by atomic mass is 32.2. The van der Waals surface area contributed by atoms with E-state index in [4.69, 9.17) is 4.74 Å². The maximum absolute atomic E-state index is 12.7. The van der Waals surface area contributed by atoms with Crippen LogP contribution in [0.1, 0.15) is 38.1 Å². The summed E-state index contributed by atoms with van der Waals surface area (Å²) >= 11 is 0. The molecular formula is C15H17F6N2O5S+. The number of pyridine rings is 1. The lowest BCUT2D eigenvalue weighted by Crippen LogP contribution is -2.41. The van der Waals surface area contributed by atoms with Crippen molar-refractivity contribution in [3.05, 3.63) is 29.6 Å². The van der Waals surface area contributed by atoms with Crippen molar-refractivity contribution < 1.29 is 53.0 Å². The third-order valence-corrected chi connectivity index (χ3v) is 4.52. The molecule has 2 heterocycles. The lowest BCUT2D eigenvalue weighted by Gasteiger charge is -2.28. The normalized spacial score (nSPS) is 18.0. The van der Waals surface area contributed by atoms with Crippen molar-refractivity contribution in [3.63, 3.8) is 0 Å². The predicted molar refractivity (Wildman–Crippen MR) is 83.3 cm³/mol. The molecule has 1 atom stereocenters. The fraction of sp³-hybridized carbons (Fsp3) is 0.600. The number of amides is 1. The number of carbonyl (C=O) groups is 1. The van der Waals surface area contributed by atoms with Gasteiger partial charge in [0, 0.05) is 17.2 Å². The average Bonchev–Trinajstić information content (AvgIpc) is 2.80. The van der Waals surface area contributed by atoms with Crippen molar-refractivity contribution in [3.8, 4) is 0 Å². The van der Waals surface area contributed by atoms with E-state index >= 15 is 0 Å². The molecule has 1 aliphatic rings. The summed E-state index contributed by atoms with van der Waals surface area (Å²) in [5.74, 6) is 0. The quantitative estimate of drug-likeness (QED) is 0.306. The van der Waals surface area contributed by atoms with Gasteiger partial charge in [-0.3, -0.25) is 4.90 Å².